The van der Waals surface area contributed by atoms with Crippen LogP contribution in [-0.2, 0) is 6.42 Å². The van der Waals surface area contributed by atoms with Crippen molar-refractivity contribution in [3.8, 4) is 5.69 Å². The highest BCUT2D eigenvalue weighted by atomic mass is 35.5. The summed E-state index contributed by atoms with van der Waals surface area (Å²) in [6.07, 6.45) is 7.73. The summed E-state index contributed by atoms with van der Waals surface area (Å²) in [6, 6.07) is 15.0. The molecule has 2 aromatic heterocycles. The maximum atomic E-state index is 12.4. The van der Waals surface area contributed by atoms with Crippen LogP contribution in [0.4, 0.5) is 5.13 Å². The molecule has 7 heteroatoms. The lowest BCUT2D eigenvalue weighted by atomic mass is 10.1. The number of nitrogens with one attached hydrogen (secondary N) is 1. The van der Waals surface area contributed by atoms with Gasteiger partial charge >= 0.3 is 0 Å². The van der Waals surface area contributed by atoms with Gasteiger partial charge in [-0.05, 0) is 35.9 Å². The molecule has 0 aliphatic heterocycles. The van der Waals surface area contributed by atoms with Gasteiger partial charge in [0.05, 0.1) is 6.33 Å². The molecule has 4 aromatic rings. The van der Waals surface area contributed by atoms with E-state index in [1.165, 1.54) is 11.3 Å². The molecule has 2 heterocycles. The highest BCUT2D eigenvalue weighted by Crippen LogP contribution is 2.25. The Morgan fingerprint density at radius 1 is 1.15 bits per heavy atom. The Hall–Kier alpha value is -2.96. The van der Waals surface area contributed by atoms with Gasteiger partial charge in [0.25, 0.3) is 5.91 Å². The van der Waals surface area contributed by atoms with Crippen LogP contribution in [0.5, 0.6) is 0 Å². The van der Waals surface area contributed by atoms with Gasteiger partial charge in [-0.15, -0.1) is 11.3 Å². The van der Waals surface area contributed by atoms with E-state index in [-0.39, 0.29) is 5.91 Å². The van der Waals surface area contributed by atoms with E-state index in [9.17, 15) is 4.79 Å². The number of benzene rings is 2. The van der Waals surface area contributed by atoms with Crippen molar-refractivity contribution in [1.29, 1.82) is 0 Å². The van der Waals surface area contributed by atoms with Crippen molar-refractivity contribution in [1.82, 2.24) is 14.5 Å². The molecule has 0 spiro atoms. The maximum Gasteiger partial charge on any atom is 0.257 e. The summed E-state index contributed by atoms with van der Waals surface area (Å²) in [5.74, 6) is -0.189. The molecule has 1 N–H and O–H groups in total. The van der Waals surface area contributed by atoms with Crippen molar-refractivity contribution in [3.63, 3.8) is 0 Å². The number of hydrogen-bond acceptors (Lipinski definition) is 4. The third-order valence-corrected chi connectivity index (χ3v) is 5.31. The van der Waals surface area contributed by atoms with Gasteiger partial charge < -0.3 is 4.57 Å². The molecule has 0 aliphatic carbocycles. The normalized spacial score (nSPS) is 10.7. The van der Waals surface area contributed by atoms with E-state index >= 15 is 0 Å². The first-order chi connectivity index (χ1) is 13.2. The van der Waals surface area contributed by atoms with Gasteiger partial charge in [0.2, 0.25) is 0 Å². The molecule has 1 amide bonds. The number of anilines is 1. The van der Waals surface area contributed by atoms with Crippen molar-refractivity contribution in [2.45, 2.75) is 6.42 Å². The van der Waals surface area contributed by atoms with Gasteiger partial charge in [0.1, 0.15) is 0 Å². The zero-order valence-corrected chi connectivity index (χ0v) is 15.7. The van der Waals surface area contributed by atoms with Crippen LogP contribution < -0.4 is 5.32 Å². The standard InChI is InChI=1S/C20H15ClN4OS/c21-18-4-2-1-3-15(18)11-17-12-23-20(27-17)24-19(26)14-5-7-16(8-6-14)25-10-9-22-13-25/h1-10,12-13H,11H2,(H,23,24,26). The van der Waals surface area contributed by atoms with Gasteiger partial charge in [-0.25, -0.2) is 9.97 Å². The highest BCUT2D eigenvalue weighted by molar-refractivity contribution is 7.15. The van der Waals surface area contributed by atoms with Crippen molar-refractivity contribution < 1.29 is 4.79 Å². The first-order valence-electron chi connectivity index (χ1n) is 8.27. The zero-order chi connectivity index (χ0) is 18.6. The smallest absolute Gasteiger partial charge is 0.257 e. The fourth-order valence-electron chi connectivity index (χ4n) is 2.64. The first kappa shape index (κ1) is 17.5. The quantitative estimate of drug-likeness (QED) is 0.527. The van der Waals surface area contributed by atoms with Crippen molar-refractivity contribution >= 4 is 34.0 Å². The third-order valence-electron chi connectivity index (χ3n) is 4.03. The molecule has 0 aliphatic rings. The van der Waals surface area contributed by atoms with Crippen LogP contribution in [0.1, 0.15) is 20.8 Å². The fourth-order valence-corrected chi connectivity index (χ4v) is 3.68. The molecular weight excluding hydrogens is 380 g/mol. The monoisotopic (exact) mass is 394 g/mol. The third kappa shape index (κ3) is 4.07. The lowest BCUT2D eigenvalue weighted by Gasteiger charge is -2.05. The van der Waals surface area contributed by atoms with E-state index in [4.69, 9.17) is 11.6 Å². The number of amides is 1. The number of carbonyl (C=O) groups is 1. The number of nitrogens with zero attached hydrogens (tertiary/aromatic N) is 3. The Morgan fingerprint density at radius 3 is 2.70 bits per heavy atom. The summed E-state index contributed by atoms with van der Waals surface area (Å²) in [4.78, 5) is 21.8. The minimum Gasteiger partial charge on any atom is -0.306 e. The molecule has 0 unspecified atom stereocenters. The highest BCUT2D eigenvalue weighted by Gasteiger charge is 2.10. The molecule has 2 aromatic carbocycles. The topological polar surface area (TPSA) is 59.8 Å². The van der Waals surface area contributed by atoms with Crippen molar-refractivity contribution in [2.24, 2.45) is 0 Å². The number of rotatable bonds is 5. The second-order valence-corrected chi connectivity index (χ2v) is 7.39. The summed E-state index contributed by atoms with van der Waals surface area (Å²) in [6.45, 7) is 0. The molecule has 5 nitrogen and oxygen atoms in total. The summed E-state index contributed by atoms with van der Waals surface area (Å²) in [5, 5.41) is 4.15. The average Bonchev–Trinajstić information content (AvgIpc) is 3.36. The molecule has 0 fully saturated rings. The van der Waals surface area contributed by atoms with E-state index in [0.29, 0.717) is 17.1 Å². The van der Waals surface area contributed by atoms with Crippen LogP contribution in [0.15, 0.2) is 73.4 Å². The van der Waals surface area contributed by atoms with Crippen LogP contribution in [-0.4, -0.2) is 20.4 Å². The summed E-state index contributed by atoms with van der Waals surface area (Å²) in [5.41, 5.74) is 2.55. The predicted octanol–water partition coefficient (Wildman–Crippen LogP) is 4.83. The Bertz CT molecular complexity index is 1060. The molecule has 0 saturated heterocycles. The summed E-state index contributed by atoms with van der Waals surface area (Å²) in [7, 11) is 0. The predicted molar refractivity (Wildman–Crippen MR) is 108 cm³/mol. The van der Waals surface area contributed by atoms with E-state index in [2.05, 4.69) is 15.3 Å². The number of imidazole rings is 1. The lowest BCUT2D eigenvalue weighted by molar-refractivity contribution is 0.102. The van der Waals surface area contributed by atoms with E-state index in [0.717, 1.165) is 21.2 Å². The van der Waals surface area contributed by atoms with Crippen LogP contribution in [0.3, 0.4) is 0 Å². The summed E-state index contributed by atoms with van der Waals surface area (Å²) < 4.78 is 1.88. The second-order valence-electron chi connectivity index (χ2n) is 5.87. The number of hydrogen-bond donors (Lipinski definition) is 1. The first-order valence-corrected chi connectivity index (χ1v) is 9.46. The SMILES string of the molecule is O=C(Nc1ncc(Cc2ccccc2Cl)s1)c1ccc(-n2ccnc2)cc1. The van der Waals surface area contributed by atoms with E-state index < -0.39 is 0 Å². The molecule has 27 heavy (non-hydrogen) atoms. The molecular formula is C20H15ClN4OS. The minimum absolute atomic E-state index is 0.189. The second kappa shape index (κ2) is 7.73. The van der Waals surface area contributed by atoms with E-state index in [1.54, 1.807) is 30.9 Å². The Kier molecular flexibility index (Phi) is 5.00. The van der Waals surface area contributed by atoms with E-state index in [1.807, 2.05) is 47.2 Å². The van der Waals surface area contributed by atoms with Crippen molar-refractivity contribution in [3.05, 3.63) is 94.5 Å². The van der Waals surface area contributed by atoms with Gasteiger partial charge in [-0.2, -0.15) is 0 Å². The molecule has 4 rings (SSSR count). The minimum atomic E-state index is -0.189. The van der Waals surface area contributed by atoms with Gasteiger partial charge in [0.15, 0.2) is 5.13 Å². The average molecular weight is 395 g/mol. The molecule has 0 atom stereocenters. The Labute approximate surface area is 165 Å². The Balaban J connectivity index is 1.43. The van der Waals surface area contributed by atoms with Crippen LogP contribution >= 0.6 is 22.9 Å². The maximum absolute atomic E-state index is 12.4. The van der Waals surface area contributed by atoms with Gasteiger partial charge in [0, 0.05) is 46.2 Å². The Morgan fingerprint density at radius 2 is 1.96 bits per heavy atom. The number of carbonyl (C=O) groups excluding carboxylic acids is 1. The van der Waals surface area contributed by atoms with Crippen LogP contribution in [0.25, 0.3) is 5.69 Å². The fraction of sp³-hybridized carbons (Fsp3) is 0.0500. The molecule has 0 bridgehead atoms. The molecule has 0 radical (unpaired) electrons. The van der Waals surface area contributed by atoms with Crippen LogP contribution in [0.2, 0.25) is 5.02 Å². The number of thiazole rings is 1. The largest absolute Gasteiger partial charge is 0.306 e. The number of aromatic nitrogens is 3. The molecule has 134 valence electrons. The molecule has 0 saturated carbocycles. The zero-order valence-electron chi connectivity index (χ0n) is 14.2. The van der Waals surface area contributed by atoms with Gasteiger partial charge in [-0.3, -0.25) is 10.1 Å². The van der Waals surface area contributed by atoms with Crippen molar-refractivity contribution in [2.75, 3.05) is 5.32 Å². The number of halogens is 1. The van der Waals surface area contributed by atoms with Crippen LogP contribution in [0, 0.1) is 0 Å². The van der Waals surface area contributed by atoms with Gasteiger partial charge in [-0.1, -0.05) is 29.8 Å². The summed E-state index contributed by atoms with van der Waals surface area (Å²) >= 11 is 7.65. The lowest BCUT2D eigenvalue weighted by Crippen LogP contribution is -2.11.